The number of furan rings is 1. The summed E-state index contributed by atoms with van der Waals surface area (Å²) in [6, 6.07) is 9.66. The van der Waals surface area contributed by atoms with E-state index in [0.29, 0.717) is 11.3 Å². The van der Waals surface area contributed by atoms with E-state index in [1.54, 1.807) is 36.4 Å². The van der Waals surface area contributed by atoms with E-state index in [1.165, 1.54) is 6.26 Å². The minimum Gasteiger partial charge on any atom is -0.459 e. The molecule has 0 aliphatic rings. The molecule has 0 aliphatic carbocycles. The van der Waals surface area contributed by atoms with E-state index in [2.05, 4.69) is 16.6 Å². The maximum absolute atomic E-state index is 11.7. The Kier molecular flexibility index (Phi) is 4.20. The molecule has 2 N–H and O–H groups in total. The number of amides is 2. The zero-order chi connectivity index (χ0) is 14.4. The van der Waals surface area contributed by atoms with Crippen LogP contribution in [0.25, 0.3) is 0 Å². The van der Waals surface area contributed by atoms with Crippen molar-refractivity contribution in [2.24, 2.45) is 0 Å². The average molecular weight is 268 g/mol. The van der Waals surface area contributed by atoms with Gasteiger partial charge in [-0.25, -0.2) is 0 Å². The van der Waals surface area contributed by atoms with Crippen LogP contribution in [-0.2, 0) is 0 Å². The number of hydrogen-bond acceptors (Lipinski definition) is 3. The number of benzene rings is 1. The summed E-state index contributed by atoms with van der Waals surface area (Å²) in [7, 11) is 0. The molecule has 0 atom stereocenters. The molecular weight excluding hydrogens is 256 g/mol. The molecule has 2 rings (SSSR count). The fourth-order valence-electron chi connectivity index (χ4n) is 1.54. The molecule has 5 nitrogen and oxygen atoms in total. The quantitative estimate of drug-likeness (QED) is 0.832. The predicted molar refractivity (Wildman–Crippen MR) is 74.3 cm³/mol. The first-order valence-corrected chi connectivity index (χ1v) is 5.87. The highest BCUT2D eigenvalue weighted by molar-refractivity contribution is 6.02. The normalized spacial score (nSPS) is 9.55. The maximum atomic E-state index is 11.7. The number of nitrogens with one attached hydrogen (secondary N) is 2. The van der Waals surface area contributed by atoms with E-state index in [9.17, 15) is 9.59 Å². The van der Waals surface area contributed by atoms with Crippen LogP contribution in [0, 0.1) is 12.3 Å². The first-order chi connectivity index (χ1) is 9.70. The fraction of sp³-hybridized carbons (Fsp3) is 0.0667. The molecule has 1 heterocycles. The van der Waals surface area contributed by atoms with Gasteiger partial charge in [0.05, 0.1) is 12.8 Å². The monoisotopic (exact) mass is 268 g/mol. The molecule has 1 aromatic heterocycles. The van der Waals surface area contributed by atoms with Crippen LogP contribution >= 0.6 is 0 Å². The lowest BCUT2D eigenvalue weighted by Crippen LogP contribution is -2.23. The SMILES string of the molecule is C#CCNC(=O)c1ccc(NC(=O)c2ccco2)cc1. The van der Waals surface area contributed by atoms with E-state index >= 15 is 0 Å². The Morgan fingerprint density at radius 1 is 1.15 bits per heavy atom. The van der Waals surface area contributed by atoms with Crippen molar-refractivity contribution in [3.63, 3.8) is 0 Å². The second kappa shape index (κ2) is 6.25. The number of rotatable bonds is 4. The first-order valence-electron chi connectivity index (χ1n) is 5.87. The molecule has 0 spiro atoms. The predicted octanol–water partition coefficient (Wildman–Crippen LogP) is 1.89. The largest absolute Gasteiger partial charge is 0.459 e. The van der Waals surface area contributed by atoms with Crippen LogP contribution in [0.1, 0.15) is 20.9 Å². The van der Waals surface area contributed by atoms with Crippen LogP contribution < -0.4 is 10.6 Å². The van der Waals surface area contributed by atoms with E-state index in [0.717, 1.165) is 0 Å². The van der Waals surface area contributed by atoms with Gasteiger partial charge in [0.25, 0.3) is 11.8 Å². The standard InChI is InChI=1S/C15H12N2O3/c1-2-9-16-14(18)11-5-7-12(8-6-11)17-15(19)13-4-3-10-20-13/h1,3-8,10H,9H2,(H,16,18)(H,17,19). The maximum Gasteiger partial charge on any atom is 0.291 e. The van der Waals surface area contributed by atoms with Gasteiger partial charge in [0, 0.05) is 11.3 Å². The molecule has 20 heavy (non-hydrogen) atoms. The highest BCUT2D eigenvalue weighted by Crippen LogP contribution is 2.11. The van der Waals surface area contributed by atoms with Gasteiger partial charge in [-0.1, -0.05) is 5.92 Å². The first kappa shape index (κ1) is 13.4. The molecular formula is C15H12N2O3. The molecule has 0 radical (unpaired) electrons. The fourth-order valence-corrected chi connectivity index (χ4v) is 1.54. The molecule has 2 amide bonds. The van der Waals surface area contributed by atoms with Crippen LogP contribution in [0.5, 0.6) is 0 Å². The zero-order valence-electron chi connectivity index (χ0n) is 10.6. The van der Waals surface area contributed by atoms with Gasteiger partial charge < -0.3 is 15.1 Å². The Morgan fingerprint density at radius 3 is 2.50 bits per heavy atom. The third-order valence-electron chi connectivity index (χ3n) is 2.50. The van der Waals surface area contributed by atoms with Crippen molar-refractivity contribution in [1.29, 1.82) is 0 Å². The second-order valence-electron chi connectivity index (χ2n) is 3.90. The van der Waals surface area contributed by atoms with E-state index in [4.69, 9.17) is 10.8 Å². The van der Waals surface area contributed by atoms with Crippen LogP contribution in [-0.4, -0.2) is 18.4 Å². The average Bonchev–Trinajstić information content (AvgIpc) is 3.00. The molecule has 0 aliphatic heterocycles. The Morgan fingerprint density at radius 2 is 1.90 bits per heavy atom. The molecule has 2 aromatic rings. The third kappa shape index (κ3) is 3.27. The van der Waals surface area contributed by atoms with Crippen molar-refractivity contribution < 1.29 is 14.0 Å². The van der Waals surface area contributed by atoms with Crippen molar-refractivity contribution in [3.05, 3.63) is 54.0 Å². The number of carbonyl (C=O) groups excluding carboxylic acids is 2. The number of hydrogen-bond donors (Lipinski definition) is 2. The molecule has 0 fully saturated rings. The van der Waals surface area contributed by atoms with Gasteiger partial charge in [0.1, 0.15) is 0 Å². The molecule has 100 valence electrons. The van der Waals surface area contributed by atoms with Gasteiger partial charge in [0.2, 0.25) is 0 Å². The van der Waals surface area contributed by atoms with Crippen LogP contribution in [0.15, 0.2) is 47.1 Å². The Balaban J connectivity index is 2.00. The van der Waals surface area contributed by atoms with Crippen molar-refractivity contribution >= 4 is 17.5 Å². The zero-order valence-corrected chi connectivity index (χ0v) is 10.6. The highest BCUT2D eigenvalue weighted by Gasteiger charge is 2.09. The molecule has 0 saturated carbocycles. The summed E-state index contributed by atoms with van der Waals surface area (Å²) >= 11 is 0. The summed E-state index contributed by atoms with van der Waals surface area (Å²) in [6.07, 6.45) is 6.48. The highest BCUT2D eigenvalue weighted by atomic mass is 16.3. The summed E-state index contributed by atoms with van der Waals surface area (Å²) in [5.41, 5.74) is 1.04. The van der Waals surface area contributed by atoms with Crippen molar-refractivity contribution in [3.8, 4) is 12.3 Å². The molecule has 0 saturated heterocycles. The van der Waals surface area contributed by atoms with Crippen molar-refractivity contribution in [2.75, 3.05) is 11.9 Å². The third-order valence-corrected chi connectivity index (χ3v) is 2.50. The van der Waals surface area contributed by atoms with Crippen molar-refractivity contribution in [1.82, 2.24) is 5.32 Å². The summed E-state index contributed by atoms with van der Waals surface area (Å²) in [5.74, 6) is 1.94. The number of carbonyl (C=O) groups is 2. The van der Waals surface area contributed by atoms with Gasteiger partial charge in [-0.15, -0.1) is 6.42 Å². The van der Waals surface area contributed by atoms with E-state index < -0.39 is 0 Å². The second-order valence-corrected chi connectivity index (χ2v) is 3.90. The lowest BCUT2D eigenvalue weighted by Gasteiger charge is -2.05. The van der Waals surface area contributed by atoms with Gasteiger partial charge in [-0.2, -0.15) is 0 Å². The number of terminal acetylenes is 1. The topological polar surface area (TPSA) is 71.3 Å². The lowest BCUT2D eigenvalue weighted by atomic mass is 10.2. The molecule has 5 heteroatoms. The summed E-state index contributed by atoms with van der Waals surface area (Å²) < 4.78 is 4.98. The Labute approximate surface area is 116 Å². The number of anilines is 1. The van der Waals surface area contributed by atoms with E-state index in [-0.39, 0.29) is 24.1 Å². The van der Waals surface area contributed by atoms with Gasteiger partial charge in [0.15, 0.2) is 5.76 Å². The van der Waals surface area contributed by atoms with Gasteiger partial charge in [-0.3, -0.25) is 9.59 Å². The van der Waals surface area contributed by atoms with Crippen molar-refractivity contribution in [2.45, 2.75) is 0 Å². The van der Waals surface area contributed by atoms with Gasteiger partial charge in [-0.05, 0) is 36.4 Å². The Bertz CT molecular complexity index is 637. The summed E-state index contributed by atoms with van der Waals surface area (Å²) in [5, 5.41) is 5.21. The minimum absolute atomic E-state index is 0.176. The Hall–Kier alpha value is -3.00. The van der Waals surface area contributed by atoms with Crippen LogP contribution in [0.4, 0.5) is 5.69 Å². The molecule has 0 unspecified atom stereocenters. The summed E-state index contributed by atoms with van der Waals surface area (Å²) in [4.78, 5) is 23.3. The van der Waals surface area contributed by atoms with Crippen LogP contribution in [0.3, 0.4) is 0 Å². The smallest absolute Gasteiger partial charge is 0.291 e. The van der Waals surface area contributed by atoms with Gasteiger partial charge >= 0.3 is 0 Å². The minimum atomic E-state index is -0.348. The lowest BCUT2D eigenvalue weighted by molar-refractivity contribution is 0.0957. The van der Waals surface area contributed by atoms with Crippen LogP contribution in [0.2, 0.25) is 0 Å². The molecule has 1 aromatic carbocycles. The summed E-state index contributed by atoms with van der Waals surface area (Å²) in [6.45, 7) is 0.176. The molecule has 0 bridgehead atoms. The van der Waals surface area contributed by atoms with E-state index in [1.807, 2.05) is 0 Å².